The number of hydrogen-bond acceptors (Lipinski definition) is 2. The molecule has 0 amide bonds. The summed E-state index contributed by atoms with van der Waals surface area (Å²) >= 11 is 5.79. The Morgan fingerprint density at radius 3 is 2.94 bits per heavy atom. The second kappa shape index (κ2) is 4.85. The van der Waals surface area contributed by atoms with Crippen LogP contribution in [-0.4, -0.2) is 14.7 Å². The van der Waals surface area contributed by atoms with Crippen LogP contribution in [0.1, 0.15) is 17.5 Å². The fraction of sp³-hybridized carbons (Fsp3) is 0.250. The summed E-state index contributed by atoms with van der Waals surface area (Å²) < 4.78 is 15.2. The largest absolute Gasteiger partial charge is 0.385 e. The van der Waals surface area contributed by atoms with Crippen molar-refractivity contribution in [1.29, 1.82) is 0 Å². The van der Waals surface area contributed by atoms with E-state index >= 15 is 0 Å². The summed E-state index contributed by atoms with van der Waals surface area (Å²) in [5, 5.41) is 10.4. The maximum atomic E-state index is 13.5. The second-order valence-corrected chi connectivity index (χ2v) is 4.29. The smallest absolute Gasteiger partial charge is 0.137 e. The molecule has 0 radical (unpaired) electrons. The van der Waals surface area contributed by atoms with Gasteiger partial charge in [0, 0.05) is 30.9 Å². The molecule has 0 spiro atoms. The summed E-state index contributed by atoms with van der Waals surface area (Å²) in [4.78, 5) is 4.02. The normalized spacial score (nSPS) is 12.7. The van der Waals surface area contributed by atoms with E-state index in [-0.39, 0.29) is 12.2 Å². The highest BCUT2D eigenvalue weighted by Crippen LogP contribution is 2.21. The standard InChI is InChI=1S/C12H12ClFN2O/c1-16-5-4-15-12(16)11(17)7-8-6-9(13)2-3-10(8)14/h2-6,11,17H,7H2,1H3. The predicted molar refractivity (Wildman–Crippen MR) is 63.3 cm³/mol. The average Bonchev–Trinajstić information content (AvgIpc) is 2.70. The first kappa shape index (κ1) is 12.1. The third-order valence-electron chi connectivity index (χ3n) is 2.58. The van der Waals surface area contributed by atoms with Crippen LogP contribution < -0.4 is 0 Å². The molecule has 1 aromatic carbocycles. The number of aliphatic hydroxyl groups excluding tert-OH is 1. The van der Waals surface area contributed by atoms with Gasteiger partial charge >= 0.3 is 0 Å². The highest BCUT2D eigenvalue weighted by Gasteiger charge is 2.15. The second-order valence-electron chi connectivity index (χ2n) is 3.85. The van der Waals surface area contributed by atoms with Gasteiger partial charge in [0.25, 0.3) is 0 Å². The molecule has 17 heavy (non-hydrogen) atoms. The first-order valence-corrected chi connectivity index (χ1v) is 5.55. The van der Waals surface area contributed by atoms with Gasteiger partial charge < -0.3 is 9.67 Å². The van der Waals surface area contributed by atoms with Crippen molar-refractivity contribution in [3.63, 3.8) is 0 Å². The van der Waals surface area contributed by atoms with Crippen LogP contribution in [0, 0.1) is 5.82 Å². The van der Waals surface area contributed by atoms with Crippen molar-refractivity contribution in [2.45, 2.75) is 12.5 Å². The lowest BCUT2D eigenvalue weighted by Crippen LogP contribution is -2.09. The molecule has 1 unspecified atom stereocenters. The van der Waals surface area contributed by atoms with Crippen molar-refractivity contribution in [3.8, 4) is 0 Å². The van der Waals surface area contributed by atoms with Crippen LogP contribution >= 0.6 is 11.6 Å². The molecule has 0 aliphatic heterocycles. The SMILES string of the molecule is Cn1ccnc1C(O)Cc1cc(Cl)ccc1F. The first-order valence-electron chi connectivity index (χ1n) is 5.17. The molecule has 5 heteroatoms. The molecule has 1 N–H and O–H groups in total. The zero-order valence-corrected chi connectivity index (χ0v) is 10.0. The maximum absolute atomic E-state index is 13.5. The van der Waals surface area contributed by atoms with Crippen molar-refractivity contribution in [3.05, 3.63) is 52.8 Å². The average molecular weight is 255 g/mol. The molecule has 1 heterocycles. The molecule has 2 rings (SSSR count). The van der Waals surface area contributed by atoms with Crippen LogP contribution in [0.5, 0.6) is 0 Å². The monoisotopic (exact) mass is 254 g/mol. The summed E-state index contributed by atoms with van der Waals surface area (Å²) in [5.41, 5.74) is 0.382. The first-order chi connectivity index (χ1) is 8.08. The number of nitrogens with zero attached hydrogens (tertiary/aromatic N) is 2. The van der Waals surface area contributed by atoms with Gasteiger partial charge in [0.15, 0.2) is 0 Å². The minimum atomic E-state index is -0.844. The Morgan fingerprint density at radius 1 is 1.53 bits per heavy atom. The van der Waals surface area contributed by atoms with Crippen molar-refractivity contribution < 1.29 is 9.50 Å². The van der Waals surface area contributed by atoms with Crippen molar-refractivity contribution in [1.82, 2.24) is 9.55 Å². The molecule has 1 aromatic heterocycles. The Balaban J connectivity index is 2.21. The van der Waals surface area contributed by atoms with Crippen LogP contribution in [-0.2, 0) is 13.5 Å². The number of hydrogen-bond donors (Lipinski definition) is 1. The quantitative estimate of drug-likeness (QED) is 0.914. The Labute approximate surface area is 103 Å². The van der Waals surface area contributed by atoms with Gasteiger partial charge in [0.2, 0.25) is 0 Å². The lowest BCUT2D eigenvalue weighted by molar-refractivity contribution is 0.164. The number of aromatic nitrogens is 2. The Bertz CT molecular complexity index is 527. The maximum Gasteiger partial charge on any atom is 0.137 e. The van der Waals surface area contributed by atoms with Gasteiger partial charge in [-0.05, 0) is 23.8 Å². The number of aryl methyl sites for hydroxylation is 1. The topological polar surface area (TPSA) is 38.0 Å². The molecule has 0 saturated heterocycles. The molecule has 0 aliphatic carbocycles. The predicted octanol–water partition coefficient (Wildman–Crippen LogP) is 2.49. The fourth-order valence-corrected chi connectivity index (χ4v) is 1.89. The van der Waals surface area contributed by atoms with Crippen molar-refractivity contribution in [2.24, 2.45) is 7.05 Å². The lowest BCUT2D eigenvalue weighted by Gasteiger charge is -2.11. The molecular weight excluding hydrogens is 243 g/mol. The van der Waals surface area contributed by atoms with E-state index in [4.69, 9.17) is 11.6 Å². The Kier molecular flexibility index (Phi) is 3.45. The number of halogens is 2. The van der Waals surface area contributed by atoms with E-state index in [1.54, 1.807) is 24.0 Å². The summed E-state index contributed by atoms with van der Waals surface area (Å²) in [6.45, 7) is 0. The highest BCUT2D eigenvalue weighted by molar-refractivity contribution is 6.30. The van der Waals surface area contributed by atoms with Gasteiger partial charge in [-0.25, -0.2) is 9.37 Å². The third kappa shape index (κ3) is 2.65. The Morgan fingerprint density at radius 2 is 2.29 bits per heavy atom. The van der Waals surface area contributed by atoms with Gasteiger partial charge in [0.1, 0.15) is 17.7 Å². The van der Waals surface area contributed by atoms with Gasteiger partial charge in [-0.15, -0.1) is 0 Å². The van der Waals surface area contributed by atoms with Gasteiger partial charge in [-0.2, -0.15) is 0 Å². The van der Waals surface area contributed by atoms with E-state index in [9.17, 15) is 9.50 Å². The van der Waals surface area contributed by atoms with Crippen LogP contribution in [0.2, 0.25) is 5.02 Å². The minimum Gasteiger partial charge on any atom is -0.385 e. The lowest BCUT2D eigenvalue weighted by atomic mass is 10.1. The van der Waals surface area contributed by atoms with E-state index in [0.29, 0.717) is 16.4 Å². The van der Waals surface area contributed by atoms with E-state index in [2.05, 4.69) is 4.98 Å². The van der Waals surface area contributed by atoms with Crippen LogP contribution in [0.15, 0.2) is 30.6 Å². The van der Waals surface area contributed by atoms with Crippen molar-refractivity contribution >= 4 is 11.6 Å². The third-order valence-corrected chi connectivity index (χ3v) is 2.81. The Hall–Kier alpha value is -1.39. The molecule has 0 bridgehead atoms. The molecule has 0 saturated carbocycles. The van der Waals surface area contributed by atoms with Crippen molar-refractivity contribution in [2.75, 3.05) is 0 Å². The summed E-state index contributed by atoms with van der Waals surface area (Å²) in [5.74, 6) is 0.132. The van der Waals surface area contributed by atoms with E-state index in [1.165, 1.54) is 18.2 Å². The van der Waals surface area contributed by atoms with Crippen LogP contribution in [0.25, 0.3) is 0 Å². The zero-order valence-electron chi connectivity index (χ0n) is 9.27. The molecule has 1 atom stereocenters. The molecule has 2 aromatic rings. The zero-order chi connectivity index (χ0) is 12.4. The van der Waals surface area contributed by atoms with Gasteiger partial charge in [-0.1, -0.05) is 11.6 Å². The van der Waals surface area contributed by atoms with Crippen LogP contribution in [0.3, 0.4) is 0 Å². The number of rotatable bonds is 3. The molecule has 3 nitrogen and oxygen atoms in total. The number of imidazole rings is 1. The molecule has 0 aliphatic rings. The molecular formula is C12H12ClFN2O. The summed E-state index contributed by atoms with van der Waals surface area (Å²) in [7, 11) is 1.78. The molecule has 0 fully saturated rings. The fourth-order valence-electron chi connectivity index (χ4n) is 1.70. The number of aliphatic hydroxyl groups is 1. The van der Waals surface area contributed by atoms with E-state index in [0.717, 1.165) is 0 Å². The van der Waals surface area contributed by atoms with E-state index < -0.39 is 6.10 Å². The minimum absolute atomic E-state index is 0.150. The molecule has 90 valence electrons. The van der Waals surface area contributed by atoms with Crippen LogP contribution in [0.4, 0.5) is 4.39 Å². The summed E-state index contributed by atoms with van der Waals surface area (Å²) in [6, 6.07) is 4.29. The number of benzene rings is 1. The van der Waals surface area contributed by atoms with Gasteiger partial charge in [0.05, 0.1) is 0 Å². The van der Waals surface area contributed by atoms with Gasteiger partial charge in [-0.3, -0.25) is 0 Å². The highest BCUT2D eigenvalue weighted by atomic mass is 35.5. The summed E-state index contributed by atoms with van der Waals surface area (Å²) in [6.07, 6.45) is 2.62. The van der Waals surface area contributed by atoms with E-state index in [1.807, 2.05) is 0 Å².